The van der Waals surface area contributed by atoms with Crippen LogP contribution in [0.25, 0.3) is 0 Å². The number of hydrogen-bond donors (Lipinski definition) is 1. The fraction of sp³-hybridized carbons (Fsp3) is 0.462. The van der Waals surface area contributed by atoms with Crippen LogP contribution in [0.3, 0.4) is 0 Å². The highest BCUT2D eigenvalue weighted by molar-refractivity contribution is 6.33. The minimum absolute atomic E-state index is 0.115. The molecular weight excluding hydrogens is 236 g/mol. The third-order valence-corrected chi connectivity index (χ3v) is 3.36. The van der Waals surface area contributed by atoms with Crippen LogP contribution >= 0.6 is 11.6 Å². The van der Waals surface area contributed by atoms with Gasteiger partial charge < -0.3 is 10.2 Å². The van der Waals surface area contributed by atoms with E-state index in [4.69, 9.17) is 11.6 Å². The van der Waals surface area contributed by atoms with Crippen LogP contribution in [0.4, 0.5) is 5.69 Å². The van der Waals surface area contributed by atoms with Crippen LogP contribution in [-0.2, 0) is 4.79 Å². The van der Waals surface area contributed by atoms with Gasteiger partial charge in [0.15, 0.2) is 0 Å². The van der Waals surface area contributed by atoms with E-state index in [0.29, 0.717) is 17.6 Å². The molecule has 1 aromatic carbocycles. The third-order valence-electron chi connectivity index (χ3n) is 3.04. The molecule has 0 radical (unpaired) electrons. The molecule has 0 heterocycles. The van der Waals surface area contributed by atoms with E-state index in [-0.39, 0.29) is 5.91 Å². The number of likely N-dealkylation sites (N-methyl/N-ethyl adjacent to an activating group) is 1. The number of nitrogens with zero attached hydrogens (tertiary/aromatic N) is 1. The molecule has 0 saturated heterocycles. The van der Waals surface area contributed by atoms with Crippen LogP contribution in [0.1, 0.15) is 18.4 Å². The van der Waals surface area contributed by atoms with Gasteiger partial charge in [-0.1, -0.05) is 17.7 Å². The van der Waals surface area contributed by atoms with Gasteiger partial charge in [-0.25, -0.2) is 0 Å². The van der Waals surface area contributed by atoms with Crippen molar-refractivity contribution in [3.63, 3.8) is 0 Å². The number of nitrogens with one attached hydrogen (secondary N) is 1. The number of carbonyl (C=O) groups excluding carboxylic acids is 1. The number of amides is 1. The molecule has 2 rings (SSSR count). The Morgan fingerprint density at radius 2 is 2.24 bits per heavy atom. The molecule has 1 aliphatic rings. The van der Waals surface area contributed by atoms with Crippen molar-refractivity contribution >= 4 is 23.2 Å². The van der Waals surface area contributed by atoms with E-state index in [1.54, 1.807) is 0 Å². The standard InChI is InChI=1S/C13H17ClN2O/c1-9-3-6-12(11(14)7-9)15-8-13(17)16(2)10-4-5-10/h3,6-7,10,15H,4-5,8H2,1-2H3. The topological polar surface area (TPSA) is 32.3 Å². The first-order valence-corrected chi connectivity index (χ1v) is 6.21. The summed E-state index contributed by atoms with van der Waals surface area (Å²) in [6.07, 6.45) is 2.26. The highest BCUT2D eigenvalue weighted by Gasteiger charge is 2.29. The SMILES string of the molecule is Cc1ccc(NCC(=O)N(C)C2CC2)c(Cl)c1. The number of halogens is 1. The molecule has 1 fully saturated rings. The summed E-state index contributed by atoms with van der Waals surface area (Å²) in [5.41, 5.74) is 1.93. The normalized spacial score (nSPS) is 14.5. The Morgan fingerprint density at radius 3 is 2.82 bits per heavy atom. The van der Waals surface area contributed by atoms with Crippen molar-refractivity contribution in [3.05, 3.63) is 28.8 Å². The highest BCUT2D eigenvalue weighted by Crippen LogP contribution is 2.26. The first kappa shape index (κ1) is 12.2. The zero-order valence-corrected chi connectivity index (χ0v) is 10.9. The fourth-order valence-corrected chi connectivity index (χ4v) is 2.03. The lowest BCUT2D eigenvalue weighted by Gasteiger charge is -2.17. The van der Waals surface area contributed by atoms with Gasteiger partial charge in [-0.05, 0) is 37.5 Å². The molecule has 1 aliphatic carbocycles. The molecule has 1 aromatic rings. The van der Waals surface area contributed by atoms with Crippen molar-refractivity contribution in [2.45, 2.75) is 25.8 Å². The van der Waals surface area contributed by atoms with Gasteiger partial charge in [0.05, 0.1) is 17.3 Å². The Balaban J connectivity index is 1.90. The molecule has 3 nitrogen and oxygen atoms in total. The molecular formula is C13H17ClN2O. The molecule has 0 spiro atoms. The average molecular weight is 253 g/mol. The van der Waals surface area contributed by atoms with Crippen molar-refractivity contribution in [1.82, 2.24) is 4.90 Å². The Kier molecular flexibility index (Phi) is 3.57. The second-order valence-electron chi connectivity index (χ2n) is 4.57. The van der Waals surface area contributed by atoms with E-state index in [2.05, 4.69) is 5.32 Å². The number of rotatable bonds is 4. The lowest BCUT2D eigenvalue weighted by molar-refractivity contribution is -0.128. The van der Waals surface area contributed by atoms with E-state index < -0.39 is 0 Å². The third kappa shape index (κ3) is 3.13. The van der Waals surface area contributed by atoms with Crippen LogP contribution < -0.4 is 5.32 Å². The monoisotopic (exact) mass is 252 g/mol. The summed E-state index contributed by atoms with van der Waals surface area (Å²) in [7, 11) is 1.86. The Labute approximate surface area is 107 Å². The van der Waals surface area contributed by atoms with Crippen LogP contribution in [-0.4, -0.2) is 30.4 Å². The van der Waals surface area contributed by atoms with Crippen molar-refractivity contribution in [3.8, 4) is 0 Å². The number of carbonyl (C=O) groups is 1. The zero-order valence-electron chi connectivity index (χ0n) is 10.2. The number of anilines is 1. The maximum atomic E-state index is 11.8. The van der Waals surface area contributed by atoms with E-state index in [0.717, 1.165) is 24.1 Å². The molecule has 0 aromatic heterocycles. The maximum absolute atomic E-state index is 11.8. The molecule has 4 heteroatoms. The Hall–Kier alpha value is -1.22. The maximum Gasteiger partial charge on any atom is 0.241 e. The molecule has 1 N–H and O–H groups in total. The van der Waals surface area contributed by atoms with Gasteiger partial charge in [0.1, 0.15) is 0 Å². The minimum atomic E-state index is 0.115. The largest absolute Gasteiger partial charge is 0.375 e. The van der Waals surface area contributed by atoms with Gasteiger partial charge in [-0.2, -0.15) is 0 Å². The predicted molar refractivity (Wildman–Crippen MR) is 70.5 cm³/mol. The lowest BCUT2D eigenvalue weighted by atomic mass is 10.2. The minimum Gasteiger partial charge on any atom is -0.375 e. The van der Waals surface area contributed by atoms with Crippen LogP contribution in [0.2, 0.25) is 5.02 Å². The highest BCUT2D eigenvalue weighted by atomic mass is 35.5. The van der Waals surface area contributed by atoms with Crippen molar-refractivity contribution in [1.29, 1.82) is 0 Å². The smallest absolute Gasteiger partial charge is 0.241 e. The number of benzene rings is 1. The van der Waals surface area contributed by atoms with Gasteiger partial charge in [0, 0.05) is 13.1 Å². The Morgan fingerprint density at radius 1 is 1.53 bits per heavy atom. The summed E-state index contributed by atoms with van der Waals surface area (Å²) in [4.78, 5) is 13.6. The van der Waals surface area contributed by atoms with Gasteiger partial charge in [0.25, 0.3) is 0 Å². The van der Waals surface area contributed by atoms with Crippen LogP contribution in [0, 0.1) is 6.92 Å². The summed E-state index contributed by atoms with van der Waals surface area (Å²) in [6.45, 7) is 2.29. The fourth-order valence-electron chi connectivity index (χ4n) is 1.72. The number of aryl methyl sites for hydroxylation is 1. The first-order valence-electron chi connectivity index (χ1n) is 5.83. The lowest BCUT2D eigenvalue weighted by Crippen LogP contribution is -2.33. The molecule has 17 heavy (non-hydrogen) atoms. The summed E-state index contributed by atoms with van der Waals surface area (Å²) >= 11 is 6.08. The first-order chi connectivity index (χ1) is 8.08. The van der Waals surface area contributed by atoms with Crippen molar-refractivity contribution in [2.75, 3.05) is 18.9 Å². The van der Waals surface area contributed by atoms with Gasteiger partial charge >= 0.3 is 0 Å². The Bertz CT molecular complexity index is 429. The molecule has 0 unspecified atom stereocenters. The van der Waals surface area contributed by atoms with Crippen molar-refractivity contribution in [2.24, 2.45) is 0 Å². The molecule has 92 valence electrons. The summed E-state index contributed by atoms with van der Waals surface area (Å²) in [6, 6.07) is 6.22. The second-order valence-corrected chi connectivity index (χ2v) is 4.98. The quantitative estimate of drug-likeness (QED) is 0.894. The van der Waals surface area contributed by atoms with Gasteiger partial charge in [-0.3, -0.25) is 4.79 Å². The van der Waals surface area contributed by atoms with E-state index >= 15 is 0 Å². The van der Waals surface area contributed by atoms with Gasteiger partial charge in [0.2, 0.25) is 5.91 Å². The van der Waals surface area contributed by atoms with E-state index in [1.165, 1.54) is 0 Å². The van der Waals surface area contributed by atoms with E-state index in [9.17, 15) is 4.79 Å². The summed E-state index contributed by atoms with van der Waals surface area (Å²) < 4.78 is 0. The second kappa shape index (κ2) is 4.96. The molecule has 0 aliphatic heterocycles. The van der Waals surface area contributed by atoms with Crippen LogP contribution in [0.15, 0.2) is 18.2 Å². The summed E-state index contributed by atoms with van der Waals surface area (Å²) in [5.74, 6) is 0.115. The van der Waals surface area contributed by atoms with Crippen molar-refractivity contribution < 1.29 is 4.79 Å². The number of hydrogen-bond acceptors (Lipinski definition) is 2. The average Bonchev–Trinajstić information content (AvgIpc) is 3.10. The van der Waals surface area contributed by atoms with Crippen LogP contribution in [0.5, 0.6) is 0 Å². The predicted octanol–water partition coefficient (Wildman–Crippen LogP) is 2.68. The molecule has 1 saturated carbocycles. The molecule has 0 atom stereocenters. The molecule has 1 amide bonds. The van der Waals surface area contributed by atoms with Gasteiger partial charge in [-0.15, -0.1) is 0 Å². The zero-order chi connectivity index (χ0) is 12.4. The summed E-state index contributed by atoms with van der Waals surface area (Å²) in [5, 5.41) is 3.74. The molecule has 0 bridgehead atoms. The van der Waals surface area contributed by atoms with E-state index in [1.807, 2.05) is 37.1 Å².